The predicted molar refractivity (Wildman–Crippen MR) is 144 cm³/mol. The number of amides is 2. The van der Waals surface area contributed by atoms with Crippen LogP contribution in [-0.2, 0) is 25.2 Å². The molecule has 222 valence electrons. The van der Waals surface area contributed by atoms with Crippen LogP contribution in [0.5, 0.6) is 5.75 Å². The fraction of sp³-hybridized carbons (Fsp3) is 0.536. The molecule has 9 nitrogen and oxygen atoms in total. The average molecular weight is 595 g/mol. The highest BCUT2D eigenvalue weighted by Gasteiger charge is 2.43. The molecule has 5 rings (SSSR count). The van der Waals surface area contributed by atoms with E-state index in [1.165, 1.54) is 0 Å². The van der Waals surface area contributed by atoms with Crippen LogP contribution < -0.4 is 14.8 Å². The van der Waals surface area contributed by atoms with Crippen molar-refractivity contribution in [1.29, 1.82) is 0 Å². The van der Waals surface area contributed by atoms with Crippen LogP contribution in [0.25, 0.3) is 5.57 Å². The quantitative estimate of drug-likeness (QED) is 0.276. The van der Waals surface area contributed by atoms with Crippen LogP contribution in [0.3, 0.4) is 0 Å². The standard InChI is InChI=1S/C28H33F3N4O5S/c1-27(18-5-9-20(10-6-18)40-16-4-2-3-14-28(29,30)31)17-22(23-13-15-35(33-23)19-7-8-19)24(25(36)32-27)26(37)34-41(38,39)21-11-12-21/h5-6,9-10,13,15,19,21H,2-4,7-8,11-12,14,16-17H2,1H3,(H,32,36)(H,34,37). The predicted octanol–water partition coefficient (Wildman–Crippen LogP) is 4.52. The molecule has 13 heteroatoms. The Morgan fingerprint density at radius 1 is 1.12 bits per heavy atom. The molecule has 2 N–H and O–H groups in total. The lowest BCUT2D eigenvalue weighted by Gasteiger charge is -2.37. The first kappa shape index (κ1) is 29.2. The molecular formula is C28H33F3N4O5S. The Labute approximate surface area is 236 Å². The minimum absolute atomic E-state index is 0.0606. The lowest BCUT2D eigenvalue weighted by atomic mass is 9.79. The van der Waals surface area contributed by atoms with Crippen molar-refractivity contribution in [1.82, 2.24) is 19.8 Å². The van der Waals surface area contributed by atoms with Crippen molar-refractivity contribution in [3.63, 3.8) is 0 Å². The number of aromatic nitrogens is 2. The summed E-state index contributed by atoms with van der Waals surface area (Å²) in [7, 11) is -3.87. The summed E-state index contributed by atoms with van der Waals surface area (Å²) in [6.45, 7) is 2.10. The second kappa shape index (κ2) is 11.1. The fourth-order valence-corrected chi connectivity index (χ4v) is 6.25. The van der Waals surface area contributed by atoms with Gasteiger partial charge in [-0.05, 0) is 75.6 Å². The van der Waals surface area contributed by atoms with Crippen molar-refractivity contribution in [3.8, 4) is 5.75 Å². The van der Waals surface area contributed by atoms with Gasteiger partial charge in [0.25, 0.3) is 11.8 Å². The summed E-state index contributed by atoms with van der Waals surface area (Å²) in [5.74, 6) is -1.12. The van der Waals surface area contributed by atoms with Crippen molar-refractivity contribution in [3.05, 3.63) is 53.4 Å². The highest BCUT2D eigenvalue weighted by molar-refractivity contribution is 7.91. The molecule has 0 spiro atoms. The van der Waals surface area contributed by atoms with E-state index >= 15 is 0 Å². The zero-order chi connectivity index (χ0) is 29.4. The number of nitrogens with one attached hydrogen (secondary N) is 2. The molecule has 2 fully saturated rings. The lowest BCUT2D eigenvalue weighted by molar-refractivity contribution is -0.135. The molecule has 1 unspecified atom stereocenters. The molecule has 2 aromatic rings. The molecule has 41 heavy (non-hydrogen) atoms. The van der Waals surface area contributed by atoms with E-state index in [4.69, 9.17) is 4.74 Å². The number of halogens is 3. The molecule has 2 amide bonds. The van der Waals surface area contributed by atoms with Gasteiger partial charge in [-0.15, -0.1) is 0 Å². The number of benzene rings is 1. The third kappa shape index (κ3) is 7.11. The van der Waals surface area contributed by atoms with Crippen LogP contribution in [0.15, 0.2) is 42.1 Å². The highest BCUT2D eigenvalue weighted by atomic mass is 32.2. The normalized spacial score (nSPS) is 21.5. The van der Waals surface area contributed by atoms with E-state index in [0.29, 0.717) is 42.7 Å². The molecule has 0 radical (unpaired) electrons. The third-order valence-electron chi connectivity index (χ3n) is 7.58. The molecule has 2 saturated carbocycles. The minimum Gasteiger partial charge on any atom is -0.494 e. The van der Waals surface area contributed by atoms with E-state index in [1.54, 1.807) is 41.2 Å². The number of unbranched alkanes of at least 4 members (excludes halogenated alkanes) is 2. The van der Waals surface area contributed by atoms with Crippen LogP contribution in [-0.4, -0.2) is 48.0 Å². The Morgan fingerprint density at radius 2 is 1.83 bits per heavy atom. The number of ether oxygens (including phenoxy) is 1. The summed E-state index contributed by atoms with van der Waals surface area (Å²) in [6.07, 6.45) is 0.938. The number of hydrogen-bond acceptors (Lipinski definition) is 6. The Morgan fingerprint density at radius 3 is 2.46 bits per heavy atom. The molecule has 2 heterocycles. The Hall–Kier alpha value is -3.35. The monoisotopic (exact) mass is 594 g/mol. The van der Waals surface area contributed by atoms with E-state index in [2.05, 4.69) is 15.1 Å². The van der Waals surface area contributed by atoms with E-state index < -0.39 is 45.2 Å². The average Bonchev–Trinajstić information content (AvgIpc) is 3.83. The van der Waals surface area contributed by atoms with Crippen molar-refractivity contribution in [2.45, 2.75) is 87.7 Å². The van der Waals surface area contributed by atoms with Crippen molar-refractivity contribution in [2.75, 3.05) is 6.61 Å². The van der Waals surface area contributed by atoms with Crippen molar-refractivity contribution >= 4 is 27.4 Å². The summed E-state index contributed by atoms with van der Waals surface area (Å²) in [5.41, 5.74) is 0.326. The van der Waals surface area contributed by atoms with Gasteiger partial charge in [0.2, 0.25) is 10.0 Å². The summed E-state index contributed by atoms with van der Waals surface area (Å²) >= 11 is 0. The molecule has 3 aliphatic rings. The van der Waals surface area contributed by atoms with Crippen LogP contribution in [0.4, 0.5) is 13.2 Å². The van der Waals surface area contributed by atoms with Gasteiger partial charge in [0.05, 0.1) is 29.1 Å². The Bertz CT molecular complexity index is 1440. The number of nitrogens with zero attached hydrogens (tertiary/aromatic N) is 2. The van der Waals surface area contributed by atoms with Gasteiger partial charge in [-0.2, -0.15) is 18.3 Å². The van der Waals surface area contributed by atoms with Crippen LogP contribution >= 0.6 is 0 Å². The van der Waals surface area contributed by atoms with Gasteiger partial charge in [0.1, 0.15) is 11.3 Å². The summed E-state index contributed by atoms with van der Waals surface area (Å²) in [6, 6.07) is 9.01. The minimum atomic E-state index is -4.15. The number of alkyl halides is 3. The molecule has 0 saturated heterocycles. The zero-order valence-electron chi connectivity index (χ0n) is 22.7. The SMILES string of the molecule is CC1(c2ccc(OCCCCCC(F)(F)F)cc2)CC(c2ccn(C3CC3)n2)=C(C(=O)NS(=O)(=O)C2CC2)C(=O)N1. The van der Waals surface area contributed by atoms with Crippen molar-refractivity contribution in [2.24, 2.45) is 0 Å². The molecule has 0 bridgehead atoms. The summed E-state index contributed by atoms with van der Waals surface area (Å²) in [5, 5.41) is 6.88. The first-order valence-corrected chi connectivity index (χ1v) is 15.4. The van der Waals surface area contributed by atoms with Gasteiger partial charge in [0.15, 0.2) is 0 Å². The van der Waals surface area contributed by atoms with Crippen LogP contribution in [0.1, 0.15) is 82.0 Å². The van der Waals surface area contributed by atoms with Gasteiger partial charge in [-0.1, -0.05) is 12.1 Å². The molecule has 1 aliphatic heterocycles. The largest absolute Gasteiger partial charge is 0.494 e. The van der Waals surface area contributed by atoms with Gasteiger partial charge >= 0.3 is 6.18 Å². The highest BCUT2D eigenvalue weighted by Crippen LogP contribution is 2.40. The number of carbonyl (C=O) groups excluding carboxylic acids is 2. The maximum Gasteiger partial charge on any atom is 0.389 e. The number of carbonyl (C=O) groups is 2. The van der Waals surface area contributed by atoms with E-state index in [1.807, 2.05) is 6.92 Å². The molecule has 1 aromatic carbocycles. The molecule has 1 atom stereocenters. The van der Waals surface area contributed by atoms with Gasteiger partial charge < -0.3 is 10.1 Å². The molecular weight excluding hydrogens is 561 g/mol. The number of hydrogen-bond donors (Lipinski definition) is 2. The van der Waals surface area contributed by atoms with Crippen molar-refractivity contribution < 1.29 is 35.9 Å². The molecule has 2 aliphatic carbocycles. The maximum atomic E-state index is 13.4. The Kier molecular flexibility index (Phi) is 7.92. The van der Waals surface area contributed by atoms with Gasteiger partial charge in [-0.25, -0.2) is 13.1 Å². The number of rotatable bonds is 12. The first-order chi connectivity index (χ1) is 19.3. The maximum absolute atomic E-state index is 13.4. The van der Waals surface area contributed by atoms with Crippen LogP contribution in [0.2, 0.25) is 0 Å². The topological polar surface area (TPSA) is 119 Å². The van der Waals surface area contributed by atoms with Gasteiger partial charge in [-0.3, -0.25) is 14.3 Å². The van der Waals surface area contributed by atoms with Crippen LogP contribution in [0, 0.1) is 0 Å². The smallest absolute Gasteiger partial charge is 0.389 e. The lowest BCUT2D eigenvalue weighted by Crippen LogP contribution is -2.51. The first-order valence-electron chi connectivity index (χ1n) is 13.8. The molecule has 1 aromatic heterocycles. The summed E-state index contributed by atoms with van der Waals surface area (Å²) < 4.78 is 71.4. The number of sulfonamides is 1. The van der Waals surface area contributed by atoms with E-state index in [-0.39, 0.29) is 31.1 Å². The van der Waals surface area contributed by atoms with E-state index in [0.717, 1.165) is 18.4 Å². The Balaban J connectivity index is 1.32. The van der Waals surface area contributed by atoms with E-state index in [9.17, 15) is 31.2 Å². The zero-order valence-corrected chi connectivity index (χ0v) is 23.5. The third-order valence-corrected chi connectivity index (χ3v) is 9.40. The fourth-order valence-electron chi connectivity index (χ4n) is 4.97. The van der Waals surface area contributed by atoms with Gasteiger partial charge in [0, 0.05) is 24.6 Å². The second-order valence-electron chi connectivity index (χ2n) is 11.2. The summed E-state index contributed by atoms with van der Waals surface area (Å²) in [4.78, 5) is 26.6. The second-order valence-corrected chi connectivity index (χ2v) is 13.2.